The fourth-order valence-corrected chi connectivity index (χ4v) is 3.36. The van der Waals surface area contributed by atoms with Crippen LogP contribution in [-0.2, 0) is 13.1 Å². The zero-order chi connectivity index (χ0) is 15.7. The van der Waals surface area contributed by atoms with Crippen molar-refractivity contribution < 1.29 is 14.4 Å². The molecule has 0 aliphatic carbocycles. The third-order valence-electron chi connectivity index (χ3n) is 3.80. The van der Waals surface area contributed by atoms with E-state index in [1.54, 1.807) is 30.4 Å². The molecular weight excluding hydrogens is 298 g/mol. The fraction of sp³-hybridized carbons (Fsp3) is 0.235. The minimum Gasteiger partial charge on any atom is -0.508 e. The summed E-state index contributed by atoms with van der Waals surface area (Å²) in [6.45, 7) is 3.39. The topological polar surface area (TPSA) is 54.9 Å². The summed E-state index contributed by atoms with van der Waals surface area (Å²) in [4.78, 5) is 13.1. The zero-order valence-electron chi connectivity index (χ0n) is 12.6. The van der Waals surface area contributed by atoms with Crippen molar-refractivity contribution in [3.8, 4) is 5.75 Å². The van der Waals surface area contributed by atoms with Crippen molar-refractivity contribution in [1.29, 1.82) is 0 Å². The first-order valence-electron chi connectivity index (χ1n) is 7.12. The molecule has 0 spiro atoms. The van der Waals surface area contributed by atoms with Crippen LogP contribution in [0.15, 0.2) is 44.2 Å². The van der Waals surface area contributed by atoms with E-state index in [0.717, 1.165) is 24.0 Å². The number of hydrogen-bond donors (Lipinski definition) is 2. The van der Waals surface area contributed by atoms with Gasteiger partial charge in [-0.2, -0.15) is 11.3 Å². The van der Waals surface area contributed by atoms with Crippen molar-refractivity contribution in [2.24, 2.45) is 0 Å². The van der Waals surface area contributed by atoms with Gasteiger partial charge in [-0.1, -0.05) is 0 Å². The molecule has 0 bridgehead atoms. The number of aromatic hydroxyl groups is 1. The Hall–Kier alpha value is -2.11. The zero-order valence-corrected chi connectivity index (χ0v) is 13.4. The Bertz CT molecular complexity index is 852. The van der Waals surface area contributed by atoms with E-state index in [-0.39, 0.29) is 11.4 Å². The highest BCUT2D eigenvalue weighted by atomic mass is 32.1. The van der Waals surface area contributed by atoms with Crippen LogP contribution in [0.5, 0.6) is 5.75 Å². The number of fused-ring (bicyclic) bond motifs is 1. The molecule has 0 aliphatic heterocycles. The Labute approximate surface area is 132 Å². The van der Waals surface area contributed by atoms with Crippen molar-refractivity contribution in [2.45, 2.75) is 20.0 Å². The SMILES string of the molecule is Cc1c(O)ccc2c(C[NH+](C)Cc3ccsc3)cc(=O)oc12. The smallest absolute Gasteiger partial charge is 0.336 e. The maximum atomic E-state index is 11.8. The second kappa shape index (κ2) is 5.94. The third-order valence-corrected chi connectivity index (χ3v) is 4.53. The second-order valence-corrected chi connectivity index (χ2v) is 6.40. The van der Waals surface area contributed by atoms with Gasteiger partial charge in [0.15, 0.2) is 0 Å². The van der Waals surface area contributed by atoms with Crippen molar-refractivity contribution in [2.75, 3.05) is 7.05 Å². The van der Waals surface area contributed by atoms with Gasteiger partial charge in [0.1, 0.15) is 24.4 Å². The molecule has 0 fully saturated rings. The van der Waals surface area contributed by atoms with Crippen LogP contribution in [-0.4, -0.2) is 12.2 Å². The molecule has 5 heteroatoms. The fourth-order valence-electron chi connectivity index (χ4n) is 2.69. The average molecular weight is 316 g/mol. The van der Waals surface area contributed by atoms with Crippen molar-refractivity contribution in [3.63, 3.8) is 0 Å². The highest BCUT2D eigenvalue weighted by molar-refractivity contribution is 7.07. The van der Waals surface area contributed by atoms with Crippen LogP contribution in [0.4, 0.5) is 0 Å². The number of aryl methyl sites for hydroxylation is 1. The number of nitrogens with one attached hydrogen (secondary N) is 1. The summed E-state index contributed by atoms with van der Waals surface area (Å²) in [7, 11) is 2.10. The standard InChI is InChI=1S/C17H17NO3S/c1-11-15(19)4-3-14-13(7-16(20)21-17(11)14)9-18(2)8-12-5-6-22-10-12/h3-7,10,19H,8-9H2,1-2H3/p+1. The molecule has 0 radical (unpaired) electrons. The third kappa shape index (κ3) is 2.91. The molecule has 2 aromatic heterocycles. The minimum atomic E-state index is -0.375. The van der Waals surface area contributed by atoms with Gasteiger partial charge in [0.2, 0.25) is 0 Å². The molecule has 22 heavy (non-hydrogen) atoms. The van der Waals surface area contributed by atoms with Crippen molar-refractivity contribution in [1.82, 2.24) is 0 Å². The summed E-state index contributed by atoms with van der Waals surface area (Å²) >= 11 is 1.69. The van der Waals surface area contributed by atoms with Gasteiger partial charge in [0.05, 0.1) is 7.05 Å². The molecule has 1 unspecified atom stereocenters. The van der Waals surface area contributed by atoms with Crippen LogP contribution >= 0.6 is 11.3 Å². The van der Waals surface area contributed by atoms with Gasteiger partial charge in [-0.3, -0.25) is 0 Å². The molecule has 0 amide bonds. The van der Waals surface area contributed by atoms with Crippen LogP contribution in [0.2, 0.25) is 0 Å². The van der Waals surface area contributed by atoms with Gasteiger partial charge < -0.3 is 14.4 Å². The lowest BCUT2D eigenvalue weighted by Gasteiger charge is -2.15. The van der Waals surface area contributed by atoms with Gasteiger partial charge in [-0.25, -0.2) is 4.79 Å². The summed E-state index contributed by atoms with van der Waals surface area (Å²) in [5.74, 6) is 0.145. The Kier molecular flexibility index (Phi) is 4.00. The summed E-state index contributed by atoms with van der Waals surface area (Å²) in [6, 6.07) is 7.13. The predicted octanol–water partition coefficient (Wildman–Crippen LogP) is 2.08. The second-order valence-electron chi connectivity index (χ2n) is 5.62. The number of phenolic OH excluding ortho intramolecular Hbond substituents is 1. The van der Waals surface area contributed by atoms with Gasteiger partial charge >= 0.3 is 5.63 Å². The van der Waals surface area contributed by atoms with Crippen molar-refractivity contribution >= 4 is 22.3 Å². The van der Waals surface area contributed by atoms with Gasteiger partial charge in [-0.15, -0.1) is 0 Å². The highest BCUT2D eigenvalue weighted by Crippen LogP contribution is 2.27. The van der Waals surface area contributed by atoms with E-state index >= 15 is 0 Å². The minimum absolute atomic E-state index is 0.145. The summed E-state index contributed by atoms with van der Waals surface area (Å²) in [5, 5.41) is 14.9. The Balaban J connectivity index is 1.96. The molecule has 3 rings (SSSR count). The number of rotatable bonds is 4. The molecule has 2 N–H and O–H groups in total. The molecular formula is C17H18NO3S+. The predicted molar refractivity (Wildman–Crippen MR) is 87.5 cm³/mol. The number of quaternary nitrogens is 1. The maximum absolute atomic E-state index is 11.8. The molecule has 0 saturated heterocycles. The molecule has 1 aromatic carbocycles. The number of hydrogen-bond acceptors (Lipinski definition) is 4. The monoisotopic (exact) mass is 316 g/mol. The first-order chi connectivity index (χ1) is 10.5. The summed E-state index contributed by atoms with van der Waals surface area (Å²) in [6.07, 6.45) is 0. The molecule has 0 saturated carbocycles. The van der Waals surface area contributed by atoms with E-state index in [9.17, 15) is 9.90 Å². The van der Waals surface area contributed by atoms with E-state index in [1.165, 1.54) is 10.5 Å². The van der Waals surface area contributed by atoms with E-state index in [2.05, 4.69) is 23.9 Å². The molecule has 4 nitrogen and oxygen atoms in total. The molecule has 3 aromatic rings. The van der Waals surface area contributed by atoms with Crippen LogP contribution < -0.4 is 10.5 Å². The average Bonchev–Trinajstić information content (AvgIpc) is 2.96. The van der Waals surface area contributed by atoms with Gasteiger partial charge in [-0.05, 0) is 35.9 Å². The Morgan fingerprint density at radius 3 is 2.82 bits per heavy atom. The van der Waals surface area contributed by atoms with Crippen LogP contribution in [0.3, 0.4) is 0 Å². The number of phenols is 1. The summed E-state index contributed by atoms with van der Waals surface area (Å²) < 4.78 is 5.28. The highest BCUT2D eigenvalue weighted by Gasteiger charge is 2.14. The molecule has 1 atom stereocenters. The van der Waals surface area contributed by atoms with Crippen molar-refractivity contribution in [3.05, 3.63) is 62.1 Å². The normalized spacial score (nSPS) is 12.6. The van der Waals surface area contributed by atoms with Crippen LogP contribution in [0.1, 0.15) is 16.7 Å². The van der Waals surface area contributed by atoms with Crippen LogP contribution in [0, 0.1) is 6.92 Å². The first kappa shape index (κ1) is 14.8. The van der Waals surface area contributed by atoms with E-state index in [1.807, 2.05) is 6.07 Å². The molecule has 2 heterocycles. The Morgan fingerprint density at radius 1 is 1.27 bits per heavy atom. The molecule has 114 valence electrons. The molecule has 0 aliphatic rings. The quantitative estimate of drug-likeness (QED) is 0.725. The largest absolute Gasteiger partial charge is 0.508 e. The first-order valence-corrected chi connectivity index (χ1v) is 8.06. The number of benzene rings is 1. The number of thiophene rings is 1. The lowest BCUT2D eigenvalue weighted by Crippen LogP contribution is -3.06. The van der Waals surface area contributed by atoms with Gasteiger partial charge in [0, 0.05) is 28.1 Å². The van der Waals surface area contributed by atoms with E-state index < -0.39 is 0 Å². The van der Waals surface area contributed by atoms with Gasteiger partial charge in [0.25, 0.3) is 0 Å². The van der Waals surface area contributed by atoms with E-state index in [4.69, 9.17) is 4.42 Å². The lowest BCUT2D eigenvalue weighted by molar-refractivity contribution is -0.907. The maximum Gasteiger partial charge on any atom is 0.336 e. The Morgan fingerprint density at radius 2 is 2.09 bits per heavy atom. The van der Waals surface area contributed by atoms with Crippen LogP contribution in [0.25, 0.3) is 11.0 Å². The lowest BCUT2D eigenvalue weighted by atomic mass is 10.1. The summed E-state index contributed by atoms with van der Waals surface area (Å²) in [5.41, 5.74) is 2.95. The van der Waals surface area contributed by atoms with E-state index in [0.29, 0.717) is 11.1 Å².